The van der Waals surface area contributed by atoms with Crippen molar-refractivity contribution in [2.45, 2.75) is 38.6 Å². The lowest BCUT2D eigenvalue weighted by atomic mass is 9.85. The van der Waals surface area contributed by atoms with Crippen molar-refractivity contribution in [1.29, 1.82) is 0 Å². The number of Topliss-reactive ketones (excluding diaryl/α,β-unsaturated/α-hetero) is 1. The molecule has 0 bridgehead atoms. The van der Waals surface area contributed by atoms with E-state index >= 15 is 0 Å². The minimum absolute atomic E-state index is 0.0303. The van der Waals surface area contributed by atoms with Gasteiger partial charge in [0.05, 0.1) is 24.5 Å². The van der Waals surface area contributed by atoms with Gasteiger partial charge in [-0.2, -0.15) is 0 Å². The maximum Gasteiger partial charge on any atom is 0.227 e. The van der Waals surface area contributed by atoms with Gasteiger partial charge < -0.3 is 10.1 Å². The molecule has 1 atom stereocenters. The molecule has 1 heterocycles. The molecule has 2 aromatic carbocycles. The van der Waals surface area contributed by atoms with E-state index in [2.05, 4.69) is 5.32 Å². The number of carbonyl (C=O) groups excluding carboxylic acids is 2. The predicted octanol–water partition coefficient (Wildman–Crippen LogP) is 4.61. The highest BCUT2D eigenvalue weighted by molar-refractivity contribution is 6.06. The van der Waals surface area contributed by atoms with Crippen molar-refractivity contribution in [3.05, 3.63) is 65.4 Å². The van der Waals surface area contributed by atoms with Gasteiger partial charge in [0, 0.05) is 29.7 Å². The number of rotatable bonds is 3. The maximum absolute atomic E-state index is 13.2. The molecule has 1 unspecified atom stereocenters. The lowest BCUT2D eigenvalue weighted by Crippen LogP contribution is -2.37. The van der Waals surface area contributed by atoms with Crippen LogP contribution in [-0.2, 0) is 9.59 Å². The minimum atomic E-state index is -0.512. The summed E-state index contributed by atoms with van der Waals surface area (Å²) in [5.41, 5.74) is 4.05. The Morgan fingerprint density at radius 2 is 1.89 bits per heavy atom. The number of amides is 1. The van der Waals surface area contributed by atoms with Gasteiger partial charge in [0.15, 0.2) is 5.78 Å². The summed E-state index contributed by atoms with van der Waals surface area (Å²) in [4.78, 5) is 28.0. The van der Waals surface area contributed by atoms with Crippen molar-refractivity contribution in [3.63, 3.8) is 0 Å². The number of hydrogen-bond donors (Lipinski definition) is 1. The van der Waals surface area contributed by atoms with Crippen molar-refractivity contribution in [2.24, 2.45) is 0 Å². The van der Waals surface area contributed by atoms with Gasteiger partial charge in [-0.1, -0.05) is 37.3 Å². The summed E-state index contributed by atoms with van der Waals surface area (Å²) in [5, 5.41) is 3.46. The molecule has 1 aliphatic carbocycles. The van der Waals surface area contributed by atoms with Crippen LogP contribution in [0.15, 0.2) is 59.8 Å². The lowest BCUT2D eigenvalue weighted by Gasteiger charge is -2.34. The van der Waals surface area contributed by atoms with E-state index in [9.17, 15) is 9.59 Å². The quantitative estimate of drug-likeness (QED) is 0.850. The molecule has 0 aromatic heterocycles. The van der Waals surface area contributed by atoms with Crippen LogP contribution in [0.2, 0.25) is 0 Å². The number of benzene rings is 2. The summed E-state index contributed by atoms with van der Waals surface area (Å²) in [6, 6.07) is 14.9. The fourth-order valence-corrected chi connectivity index (χ4v) is 4.17. The topological polar surface area (TPSA) is 58.6 Å². The lowest BCUT2D eigenvalue weighted by molar-refractivity contribution is -0.118. The summed E-state index contributed by atoms with van der Waals surface area (Å²) in [6.45, 7) is 1.85. The molecule has 5 nitrogen and oxygen atoms in total. The molecule has 1 amide bonds. The van der Waals surface area contributed by atoms with E-state index in [1.165, 1.54) is 0 Å². The molecule has 28 heavy (non-hydrogen) atoms. The summed E-state index contributed by atoms with van der Waals surface area (Å²) >= 11 is 0. The highest BCUT2D eigenvalue weighted by atomic mass is 16.5. The molecule has 0 spiro atoms. The van der Waals surface area contributed by atoms with E-state index < -0.39 is 6.04 Å². The third-order valence-corrected chi connectivity index (χ3v) is 5.44. The van der Waals surface area contributed by atoms with Crippen molar-refractivity contribution in [1.82, 2.24) is 0 Å². The molecule has 144 valence electrons. The number of nitrogens with one attached hydrogen (secondary N) is 1. The third kappa shape index (κ3) is 2.97. The molecule has 2 aliphatic rings. The number of hydrogen-bond acceptors (Lipinski definition) is 4. The zero-order valence-corrected chi connectivity index (χ0v) is 16.2. The molecule has 0 fully saturated rings. The highest BCUT2D eigenvalue weighted by Crippen LogP contribution is 2.46. The second kappa shape index (κ2) is 7.50. The highest BCUT2D eigenvalue weighted by Gasteiger charge is 2.40. The summed E-state index contributed by atoms with van der Waals surface area (Å²) < 4.78 is 5.61. The van der Waals surface area contributed by atoms with Crippen LogP contribution in [-0.4, -0.2) is 18.8 Å². The molecule has 1 aliphatic heterocycles. The van der Waals surface area contributed by atoms with Crippen molar-refractivity contribution >= 4 is 23.1 Å². The fourth-order valence-electron chi connectivity index (χ4n) is 4.17. The number of fused-ring (bicyclic) bond motifs is 1. The Morgan fingerprint density at radius 1 is 1.14 bits per heavy atom. The Hall–Kier alpha value is -3.08. The van der Waals surface area contributed by atoms with Gasteiger partial charge in [0.25, 0.3) is 0 Å². The molecular weight excluding hydrogens is 352 g/mol. The van der Waals surface area contributed by atoms with Crippen molar-refractivity contribution < 1.29 is 14.3 Å². The Labute approximate surface area is 165 Å². The number of para-hydroxylation sites is 3. The van der Waals surface area contributed by atoms with Crippen LogP contribution < -0.4 is 15.0 Å². The van der Waals surface area contributed by atoms with E-state index in [1.807, 2.05) is 55.5 Å². The van der Waals surface area contributed by atoms with Gasteiger partial charge in [0.2, 0.25) is 5.91 Å². The van der Waals surface area contributed by atoms with Gasteiger partial charge in [-0.25, -0.2) is 0 Å². The van der Waals surface area contributed by atoms with Crippen molar-refractivity contribution in [2.75, 3.05) is 17.3 Å². The largest absolute Gasteiger partial charge is 0.496 e. The first kappa shape index (κ1) is 18.3. The van der Waals surface area contributed by atoms with Crippen LogP contribution in [0.4, 0.5) is 11.4 Å². The average Bonchev–Trinajstić information content (AvgIpc) is 2.88. The van der Waals surface area contributed by atoms with E-state index in [0.29, 0.717) is 24.2 Å². The molecule has 0 radical (unpaired) electrons. The third-order valence-electron chi connectivity index (χ3n) is 5.44. The summed E-state index contributed by atoms with van der Waals surface area (Å²) in [6.07, 6.45) is 2.44. The van der Waals surface area contributed by atoms with Gasteiger partial charge >= 0.3 is 0 Å². The number of nitrogens with zero attached hydrogens (tertiary/aromatic N) is 1. The summed E-state index contributed by atoms with van der Waals surface area (Å²) in [7, 11) is 1.62. The first-order valence-electron chi connectivity index (χ1n) is 9.73. The molecule has 0 saturated carbocycles. The number of ketones is 1. The van der Waals surface area contributed by atoms with Crippen LogP contribution in [0.1, 0.15) is 44.2 Å². The monoisotopic (exact) mass is 376 g/mol. The van der Waals surface area contributed by atoms with Crippen LogP contribution >= 0.6 is 0 Å². The van der Waals surface area contributed by atoms with Crippen LogP contribution in [0, 0.1) is 0 Å². The average molecular weight is 376 g/mol. The smallest absolute Gasteiger partial charge is 0.227 e. The number of methoxy groups -OCH3 is 1. The van der Waals surface area contributed by atoms with Gasteiger partial charge in [-0.05, 0) is 31.0 Å². The number of anilines is 2. The second-order valence-electron chi connectivity index (χ2n) is 7.07. The molecular formula is C23H24N2O3. The molecule has 4 rings (SSSR count). The van der Waals surface area contributed by atoms with E-state index in [1.54, 1.807) is 12.0 Å². The van der Waals surface area contributed by atoms with E-state index in [0.717, 1.165) is 35.5 Å². The minimum Gasteiger partial charge on any atom is -0.496 e. The predicted molar refractivity (Wildman–Crippen MR) is 109 cm³/mol. The fraction of sp³-hybridized carbons (Fsp3) is 0.304. The van der Waals surface area contributed by atoms with Crippen LogP contribution in [0.5, 0.6) is 5.75 Å². The van der Waals surface area contributed by atoms with Gasteiger partial charge in [-0.3, -0.25) is 14.5 Å². The molecule has 0 saturated heterocycles. The normalized spacial score (nSPS) is 18.7. The first-order chi connectivity index (χ1) is 13.7. The van der Waals surface area contributed by atoms with Gasteiger partial charge in [0.1, 0.15) is 5.75 Å². The zero-order valence-electron chi connectivity index (χ0n) is 16.2. The SMILES string of the molecule is CCC(=O)N1c2ccccc2NC2=C(C(=O)CCC2)C1c1ccccc1OC. The maximum atomic E-state index is 13.2. The Kier molecular flexibility index (Phi) is 4.90. The van der Waals surface area contributed by atoms with Gasteiger partial charge in [-0.15, -0.1) is 0 Å². The van der Waals surface area contributed by atoms with E-state index in [-0.39, 0.29) is 11.7 Å². The standard InChI is InChI=1S/C23H24N2O3/c1-3-21(27)25-18-12-6-5-10-16(18)24-17-11-8-13-19(26)22(17)23(25)15-9-4-7-14-20(15)28-2/h4-7,9-10,12,14,23-24H,3,8,11,13H2,1-2H3. The number of allylic oxidation sites excluding steroid dienone is 1. The van der Waals surface area contributed by atoms with Crippen molar-refractivity contribution in [3.8, 4) is 5.75 Å². The second-order valence-corrected chi connectivity index (χ2v) is 7.07. The molecule has 2 aromatic rings. The van der Waals surface area contributed by atoms with E-state index in [4.69, 9.17) is 4.74 Å². The zero-order chi connectivity index (χ0) is 19.7. The molecule has 1 N–H and O–H groups in total. The van der Waals surface area contributed by atoms with Crippen LogP contribution in [0.3, 0.4) is 0 Å². The Balaban J connectivity index is 2.03. The summed E-state index contributed by atoms with van der Waals surface area (Å²) in [5.74, 6) is 0.731. The number of carbonyl (C=O) groups is 2. The Morgan fingerprint density at radius 3 is 2.68 bits per heavy atom. The van der Waals surface area contributed by atoms with Crippen LogP contribution in [0.25, 0.3) is 0 Å². The first-order valence-corrected chi connectivity index (χ1v) is 9.73. The Bertz CT molecular complexity index is 964. The number of ether oxygens (including phenoxy) is 1. The molecule has 5 heteroatoms.